The maximum Gasteiger partial charge on any atom is 0.573 e. The molecule has 2 aromatic rings. The number of thiophene rings is 1. The van der Waals surface area contributed by atoms with Crippen molar-refractivity contribution in [3.63, 3.8) is 0 Å². The van der Waals surface area contributed by atoms with Crippen LogP contribution in [0.3, 0.4) is 0 Å². The van der Waals surface area contributed by atoms with E-state index in [1.165, 1.54) is 35.6 Å². The summed E-state index contributed by atoms with van der Waals surface area (Å²) in [6.07, 6.45) is -5.05. The quantitative estimate of drug-likeness (QED) is 0.829. The van der Waals surface area contributed by atoms with Crippen LogP contribution >= 0.6 is 27.3 Å². The first kappa shape index (κ1) is 16.1. The molecule has 114 valence electrons. The Kier molecular flexibility index (Phi) is 5.13. The van der Waals surface area contributed by atoms with E-state index >= 15 is 0 Å². The number of halogens is 4. The lowest BCUT2D eigenvalue weighted by molar-refractivity contribution is -0.274. The fraction of sp³-hybridized carbons (Fsp3) is 0.231. The molecule has 21 heavy (non-hydrogen) atoms. The third kappa shape index (κ3) is 4.90. The van der Waals surface area contributed by atoms with Crippen LogP contribution in [0.1, 0.15) is 11.0 Å². The minimum atomic E-state index is -4.70. The molecule has 0 radical (unpaired) electrons. The van der Waals surface area contributed by atoms with Crippen LogP contribution in [0.5, 0.6) is 11.5 Å². The van der Waals surface area contributed by atoms with Crippen molar-refractivity contribution in [1.29, 1.82) is 0 Å². The van der Waals surface area contributed by atoms with Gasteiger partial charge < -0.3 is 15.2 Å². The van der Waals surface area contributed by atoms with E-state index in [9.17, 15) is 13.2 Å². The van der Waals surface area contributed by atoms with E-state index in [2.05, 4.69) is 20.7 Å². The highest BCUT2D eigenvalue weighted by Gasteiger charge is 2.31. The van der Waals surface area contributed by atoms with Crippen molar-refractivity contribution in [1.82, 2.24) is 0 Å². The van der Waals surface area contributed by atoms with Gasteiger partial charge in [-0.25, -0.2) is 0 Å². The summed E-state index contributed by atoms with van der Waals surface area (Å²) in [6, 6.07) is 8.97. The van der Waals surface area contributed by atoms with Gasteiger partial charge in [-0.05, 0) is 52.3 Å². The molecule has 0 saturated carbocycles. The molecule has 1 aromatic heterocycles. The lowest BCUT2D eigenvalue weighted by Gasteiger charge is -2.16. The topological polar surface area (TPSA) is 44.5 Å². The molecule has 0 aliphatic heterocycles. The van der Waals surface area contributed by atoms with Crippen molar-refractivity contribution >= 4 is 27.3 Å². The number of ether oxygens (including phenoxy) is 2. The Morgan fingerprint density at radius 1 is 1.10 bits per heavy atom. The van der Waals surface area contributed by atoms with Crippen molar-refractivity contribution in [3.05, 3.63) is 45.1 Å². The third-order valence-corrected chi connectivity index (χ3v) is 4.18. The number of rotatable bonds is 5. The van der Waals surface area contributed by atoms with Crippen LogP contribution in [-0.4, -0.2) is 12.9 Å². The molecule has 0 fully saturated rings. The molecule has 1 aromatic carbocycles. The summed E-state index contributed by atoms with van der Waals surface area (Å²) in [4.78, 5) is 0.931. The van der Waals surface area contributed by atoms with Crippen LogP contribution in [0.2, 0.25) is 0 Å². The summed E-state index contributed by atoms with van der Waals surface area (Å²) >= 11 is 4.84. The van der Waals surface area contributed by atoms with E-state index < -0.39 is 6.36 Å². The summed E-state index contributed by atoms with van der Waals surface area (Å²) in [5.41, 5.74) is 5.67. The van der Waals surface area contributed by atoms with Crippen LogP contribution in [0, 0.1) is 0 Å². The standard InChI is InChI=1S/C13H11BrF3NO2S/c14-12-6-5-11(21-12)10(7-18)19-8-1-3-9(4-2-8)20-13(15,16)17/h1-6,10H,7,18H2. The molecule has 3 nitrogen and oxygen atoms in total. The van der Waals surface area contributed by atoms with Gasteiger partial charge in [0.15, 0.2) is 0 Å². The van der Waals surface area contributed by atoms with Crippen molar-refractivity contribution in [2.45, 2.75) is 12.5 Å². The molecule has 0 spiro atoms. The van der Waals surface area contributed by atoms with E-state index in [1.807, 2.05) is 12.1 Å². The van der Waals surface area contributed by atoms with Crippen LogP contribution in [0.25, 0.3) is 0 Å². The number of nitrogens with two attached hydrogens (primary N) is 1. The van der Waals surface area contributed by atoms with E-state index in [4.69, 9.17) is 10.5 Å². The van der Waals surface area contributed by atoms with Crippen molar-refractivity contribution in [3.8, 4) is 11.5 Å². The number of benzene rings is 1. The van der Waals surface area contributed by atoms with Gasteiger partial charge in [0.2, 0.25) is 0 Å². The molecule has 0 aliphatic carbocycles. The summed E-state index contributed by atoms with van der Waals surface area (Å²) in [5, 5.41) is 0. The highest BCUT2D eigenvalue weighted by Crippen LogP contribution is 2.31. The van der Waals surface area contributed by atoms with E-state index in [0.29, 0.717) is 5.75 Å². The van der Waals surface area contributed by atoms with E-state index in [0.717, 1.165) is 8.66 Å². The summed E-state index contributed by atoms with van der Waals surface area (Å²) in [6.45, 7) is 0.258. The molecule has 2 rings (SSSR count). The van der Waals surface area contributed by atoms with Gasteiger partial charge in [0, 0.05) is 11.4 Å². The predicted octanol–water partition coefficient (Wildman–Crippen LogP) is 4.49. The highest BCUT2D eigenvalue weighted by molar-refractivity contribution is 9.11. The largest absolute Gasteiger partial charge is 0.573 e. The molecular weight excluding hydrogens is 371 g/mol. The normalized spacial score (nSPS) is 13.0. The van der Waals surface area contributed by atoms with E-state index in [-0.39, 0.29) is 18.4 Å². The Balaban J connectivity index is 2.05. The lowest BCUT2D eigenvalue weighted by atomic mass is 10.2. The van der Waals surface area contributed by atoms with Gasteiger partial charge in [0.05, 0.1) is 3.79 Å². The Labute approximate surface area is 131 Å². The Morgan fingerprint density at radius 2 is 1.71 bits per heavy atom. The summed E-state index contributed by atoms with van der Waals surface area (Å²) in [5.74, 6) is 0.127. The minimum Gasteiger partial charge on any atom is -0.484 e. The van der Waals surface area contributed by atoms with Gasteiger partial charge in [0.25, 0.3) is 0 Å². The second kappa shape index (κ2) is 6.67. The average molecular weight is 382 g/mol. The second-order valence-corrected chi connectivity index (χ2v) is 6.50. The minimum absolute atomic E-state index is 0.258. The van der Waals surface area contributed by atoms with Crippen LogP contribution < -0.4 is 15.2 Å². The molecule has 1 heterocycles. The van der Waals surface area contributed by atoms with Gasteiger partial charge in [-0.1, -0.05) is 0 Å². The maximum atomic E-state index is 12.1. The van der Waals surface area contributed by atoms with Gasteiger partial charge in [-0.15, -0.1) is 24.5 Å². The monoisotopic (exact) mass is 381 g/mol. The molecule has 2 N–H and O–H groups in total. The molecule has 1 atom stereocenters. The van der Waals surface area contributed by atoms with Crippen LogP contribution in [0.15, 0.2) is 40.2 Å². The zero-order chi connectivity index (χ0) is 15.5. The molecule has 1 unspecified atom stereocenters. The SMILES string of the molecule is NCC(Oc1ccc(OC(F)(F)F)cc1)c1ccc(Br)s1. The Hall–Kier alpha value is -1.25. The fourth-order valence-corrected chi connectivity index (χ4v) is 3.07. The van der Waals surface area contributed by atoms with Crippen LogP contribution in [-0.2, 0) is 0 Å². The van der Waals surface area contributed by atoms with Crippen molar-refractivity contribution in [2.24, 2.45) is 5.73 Å². The Morgan fingerprint density at radius 3 is 2.19 bits per heavy atom. The lowest BCUT2D eigenvalue weighted by Crippen LogP contribution is -2.18. The van der Waals surface area contributed by atoms with Gasteiger partial charge in [-0.2, -0.15) is 0 Å². The molecule has 8 heteroatoms. The first-order valence-electron chi connectivity index (χ1n) is 5.85. The first-order chi connectivity index (χ1) is 9.87. The van der Waals surface area contributed by atoms with Gasteiger partial charge >= 0.3 is 6.36 Å². The maximum absolute atomic E-state index is 12.1. The summed E-state index contributed by atoms with van der Waals surface area (Å²) in [7, 11) is 0. The summed E-state index contributed by atoms with van der Waals surface area (Å²) < 4.78 is 46.6. The molecule has 0 saturated heterocycles. The predicted molar refractivity (Wildman–Crippen MR) is 77.6 cm³/mol. The van der Waals surface area contributed by atoms with Gasteiger partial charge in [-0.3, -0.25) is 0 Å². The fourth-order valence-electron chi connectivity index (χ4n) is 1.61. The van der Waals surface area contributed by atoms with E-state index in [1.54, 1.807) is 0 Å². The zero-order valence-electron chi connectivity index (χ0n) is 10.6. The number of alkyl halides is 3. The average Bonchev–Trinajstić information content (AvgIpc) is 2.82. The van der Waals surface area contributed by atoms with Gasteiger partial charge in [0.1, 0.15) is 17.6 Å². The van der Waals surface area contributed by atoms with Crippen LogP contribution in [0.4, 0.5) is 13.2 Å². The molecule has 0 amide bonds. The molecule has 0 bridgehead atoms. The first-order valence-corrected chi connectivity index (χ1v) is 7.46. The molecule has 0 aliphatic rings. The highest BCUT2D eigenvalue weighted by atomic mass is 79.9. The number of hydrogen-bond acceptors (Lipinski definition) is 4. The Bertz CT molecular complexity index is 586. The smallest absolute Gasteiger partial charge is 0.484 e. The third-order valence-electron chi connectivity index (χ3n) is 2.46. The zero-order valence-corrected chi connectivity index (χ0v) is 13.0. The van der Waals surface area contributed by atoms with Crippen molar-refractivity contribution < 1.29 is 22.6 Å². The number of hydrogen-bond donors (Lipinski definition) is 1. The second-order valence-electron chi connectivity index (χ2n) is 4.00. The van der Waals surface area contributed by atoms with Crippen molar-refractivity contribution in [2.75, 3.05) is 6.54 Å². The molecular formula is C13H11BrF3NO2S.